The van der Waals surface area contributed by atoms with Crippen LogP contribution >= 0.6 is 0 Å². The second-order valence-electron chi connectivity index (χ2n) is 5.78. The van der Waals surface area contributed by atoms with Crippen LogP contribution in [0.1, 0.15) is 18.4 Å². The maximum atomic E-state index is 12.2. The molecule has 2 heterocycles. The van der Waals surface area contributed by atoms with E-state index in [1.807, 2.05) is 30.3 Å². The molecule has 12 heteroatoms. The Morgan fingerprint density at radius 3 is 2.46 bits per heavy atom. The molecule has 2 unspecified atom stereocenters. The van der Waals surface area contributed by atoms with Gasteiger partial charge in [-0.1, -0.05) is 30.3 Å². The molecular weight excluding hydrogens is 404 g/mol. The molecule has 0 saturated carbocycles. The van der Waals surface area contributed by atoms with Gasteiger partial charge < -0.3 is 4.74 Å². The van der Waals surface area contributed by atoms with E-state index >= 15 is 0 Å². The van der Waals surface area contributed by atoms with Gasteiger partial charge >= 0.3 is 6.09 Å². The van der Waals surface area contributed by atoms with Gasteiger partial charge in [-0.15, -0.1) is 8.73 Å². The van der Waals surface area contributed by atoms with Crippen molar-refractivity contribution in [1.29, 1.82) is 10.5 Å². The number of ether oxygens (including phenoxy) is 1. The van der Waals surface area contributed by atoms with Crippen LogP contribution in [0.2, 0.25) is 0 Å². The van der Waals surface area contributed by atoms with E-state index in [1.165, 1.54) is 12.4 Å². The lowest BCUT2D eigenvalue weighted by Crippen LogP contribution is -2.32. The topological polar surface area (TPSA) is 148 Å². The number of rotatable bonds is 2. The second kappa shape index (κ2) is 10.0. The first kappa shape index (κ1) is 21.6. The highest BCUT2D eigenvalue weighted by Crippen LogP contribution is 2.18. The number of nitrogens with one attached hydrogen (secondary N) is 1. The Morgan fingerprint density at radius 2 is 1.86 bits per heavy atom. The minimum absolute atomic E-state index is 0.109. The van der Waals surface area contributed by atoms with Crippen LogP contribution in [0.15, 0.2) is 39.1 Å². The third kappa shape index (κ3) is 5.92. The fraction of sp³-hybridized carbons (Fsp3) is 0.438. The quantitative estimate of drug-likeness (QED) is 0.715. The van der Waals surface area contributed by atoms with Gasteiger partial charge in [0.2, 0.25) is 12.4 Å². The van der Waals surface area contributed by atoms with Gasteiger partial charge in [-0.25, -0.2) is 22.2 Å². The summed E-state index contributed by atoms with van der Waals surface area (Å²) in [7, 11) is -5.22. The molecule has 2 aliphatic rings. The molecule has 150 valence electrons. The van der Waals surface area contributed by atoms with Crippen molar-refractivity contribution in [2.24, 2.45) is 8.73 Å². The molecular formula is C16H20N6O4S2. The Bertz CT molecular complexity index is 1000. The normalized spacial score (nSPS) is 25.6. The van der Waals surface area contributed by atoms with Crippen LogP contribution in [-0.4, -0.2) is 43.4 Å². The van der Waals surface area contributed by atoms with Crippen LogP contribution in [-0.2, 0) is 31.2 Å². The minimum atomic E-state index is -2.93. The van der Waals surface area contributed by atoms with Gasteiger partial charge in [0.05, 0.1) is 5.75 Å². The molecule has 2 aliphatic heterocycles. The molecule has 0 bridgehead atoms. The van der Waals surface area contributed by atoms with E-state index in [9.17, 15) is 13.2 Å². The predicted octanol–water partition coefficient (Wildman–Crippen LogP) is 1.74. The Labute approximate surface area is 164 Å². The molecule has 1 aromatic rings. The summed E-state index contributed by atoms with van der Waals surface area (Å²) in [6.45, 7) is 1.12. The summed E-state index contributed by atoms with van der Waals surface area (Å²) in [6, 6.07) is 9.20. The van der Waals surface area contributed by atoms with Crippen LogP contribution in [0.4, 0.5) is 4.79 Å². The molecule has 0 aliphatic carbocycles. The van der Waals surface area contributed by atoms with Crippen molar-refractivity contribution in [3.05, 3.63) is 35.9 Å². The standard InChI is InChI=1S/C12H13N3O3S.C4H7N3OS/c13-10-14-19(17)8-4-7-15(19)12(16)18-9-11-5-2-1-3-6-11;5-4-7-9(8)3-1-2-6-9/h1-3,5-6H,4,7-9H2;1-3H2,(H,6,7,8). The van der Waals surface area contributed by atoms with E-state index in [1.54, 1.807) is 0 Å². The second-order valence-corrected chi connectivity index (χ2v) is 10.2. The molecule has 1 aromatic carbocycles. The van der Waals surface area contributed by atoms with Gasteiger partial charge in [0.15, 0.2) is 9.92 Å². The van der Waals surface area contributed by atoms with Crippen molar-refractivity contribution >= 4 is 25.9 Å². The van der Waals surface area contributed by atoms with Crippen LogP contribution in [0, 0.1) is 22.9 Å². The number of nitriles is 2. The number of nitrogens with zero attached hydrogens (tertiary/aromatic N) is 5. The average molecular weight is 425 g/mol. The summed E-state index contributed by atoms with van der Waals surface area (Å²) < 4.78 is 38.8. The van der Waals surface area contributed by atoms with Gasteiger partial charge in [-0.05, 0) is 18.4 Å². The zero-order chi connectivity index (χ0) is 20.5. The smallest absolute Gasteiger partial charge is 0.422 e. The molecule has 28 heavy (non-hydrogen) atoms. The zero-order valence-electron chi connectivity index (χ0n) is 15.0. The first-order valence-electron chi connectivity index (χ1n) is 8.41. The van der Waals surface area contributed by atoms with Crippen molar-refractivity contribution in [1.82, 2.24) is 9.03 Å². The van der Waals surface area contributed by atoms with Crippen LogP contribution in [0.5, 0.6) is 0 Å². The number of amides is 1. The van der Waals surface area contributed by atoms with Crippen molar-refractivity contribution in [2.45, 2.75) is 19.4 Å². The third-order valence-electron chi connectivity index (χ3n) is 3.82. The largest absolute Gasteiger partial charge is 0.444 e. The van der Waals surface area contributed by atoms with Crippen molar-refractivity contribution in [3.63, 3.8) is 0 Å². The maximum absolute atomic E-state index is 12.2. The van der Waals surface area contributed by atoms with E-state index in [-0.39, 0.29) is 12.4 Å². The molecule has 0 spiro atoms. The van der Waals surface area contributed by atoms with Crippen molar-refractivity contribution in [2.75, 3.05) is 24.6 Å². The van der Waals surface area contributed by atoms with E-state index in [2.05, 4.69) is 13.4 Å². The highest BCUT2D eigenvalue weighted by atomic mass is 32.2. The average Bonchev–Trinajstić information content (AvgIpc) is 3.28. The summed E-state index contributed by atoms with van der Waals surface area (Å²) in [5, 5.41) is 16.6. The number of carbonyl (C=O) groups excluding carboxylic acids is 1. The Morgan fingerprint density at radius 1 is 1.14 bits per heavy atom. The third-order valence-corrected chi connectivity index (χ3v) is 7.90. The van der Waals surface area contributed by atoms with Crippen molar-refractivity contribution < 1.29 is 17.9 Å². The molecule has 3 rings (SSSR count). The van der Waals surface area contributed by atoms with Gasteiger partial charge in [0, 0.05) is 18.8 Å². The highest BCUT2D eigenvalue weighted by molar-refractivity contribution is 7.92. The van der Waals surface area contributed by atoms with E-state index < -0.39 is 25.9 Å². The summed E-state index contributed by atoms with van der Waals surface area (Å²) in [6.07, 6.45) is 3.77. The van der Waals surface area contributed by atoms with Gasteiger partial charge in [0.1, 0.15) is 16.5 Å². The number of hydrogen-bond acceptors (Lipinski definition) is 8. The lowest BCUT2D eigenvalue weighted by Gasteiger charge is -2.17. The molecule has 1 amide bonds. The number of hydrogen-bond donors (Lipinski definition) is 1. The van der Waals surface area contributed by atoms with Gasteiger partial charge in [-0.2, -0.15) is 10.5 Å². The monoisotopic (exact) mass is 424 g/mol. The van der Waals surface area contributed by atoms with Crippen molar-refractivity contribution in [3.8, 4) is 12.4 Å². The first-order chi connectivity index (χ1) is 13.4. The lowest BCUT2D eigenvalue weighted by molar-refractivity contribution is 0.121. The number of carbonyl (C=O) groups is 1. The zero-order valence-corrected chi connectivity index (χ0v) is 16.7. The first-order valence-corrected chi connectivity index (χ1v) is 11.7. The van der Waals surface area contributed by atoms with E-state index in [0.29, 0.717) is 25.3 Å². The van der Waals surface area contributed by atoms with Gasteiger partial charge in [-0.3, -0.25) is 0 Å². The highest BCUT2D eigenvalue weighted by Gasteiger charge is 2.32. The predicted molar refractivity (Wildman–Crippen MR) is 103 cm³/mol. The Hall–Kier alpha value is -2.67. The molecule has 0 radical (unpaired) electrons. The van der Waals surface area contributed by atoms with E-state index in [0.717, 1.165) is 16.3 Å². The lowest BCUT2D eigenvalue weighted by atomic mass is 10.2. The molecule has 10 nitrogen and oxygen atoms in total. The summed E-state index contributed by atoms with van der Waals surface area (Å²) in [5.74, 6) is 0.738. The summed E-state index contributed by atoms with van der Waals surface area (Å²) in [4.78, 5) is 11.9. The SMILES string of the molecule is N#CN=S1(=O)CCCN1.N#CN=S1(=O)CCCN1C(=O)OCc1ccccc1. The minimum Gasteiger partial charge on any atom is -0.444 e. The fourth-order valence-electron chi connectivity index (χ4n) is 2.52. The van der Waals surface area contributed by atoms with Crippen LogP contribution < -0.4 is 4.72 Å². The van der Waals surface area contributed by atoms with Crippen LogP contribution in [0.25, 0.3) is 0 Å². The molecule has 1 N–H and O–H groups in total. The number of benzene rings is 1. The summed E-state index contributed by atoms with van der Waals surface area (Å²) >= 11 is 0. The molecule has 2 saturated heterocycles. The molecule has 2 atom stereocenters. The maximum Gasteiger partial charge on any atom is 0.422 e. The Kier molecular flexibility index (Phi) is 7.75. The summed E-state index contributed by atoms with van der Waals surface area (Å²) in [5.41, 5.74) is 0.846. The van der Waals surface area contributed by atoms with Gasteiger partial charge in [0.25, 0.3) is 0 Å². The van der Waals surface area contributed by atoms with Crippen LogP contribution in [0.3, 0.4) is 0 Å². The molecule has 2 fully saturated rings. The fourth-order valence-corrected chi connectivity index (χ4v) is 5.70. The van der Waals surface area contributed by atoms with E-state index in [4.69, 9.17) is 15.3 Å². The Balaban J connectivity index is 0.000000261. The molecule has 0 aromatic heterocycles.